The molecular formula is C6H11NOS. The fraction of sp³-hybridized carbons (Fsp3) is 0.500. The molecule has 0 aromatic rings. The third-order valence-electron chi connectivity index (χ3n) is 1.12. The summed E-state index contributed by atoms with van der Waals surface area (Å²) in [5.41, 5.74) is 3.04. The highest BCUT2D eigenvalue weighted by Crippen LogP contribution is 2.29. The predicted molar refractivity (Wildman–Crippen MR) is 43.2 cm³/mol. The van der Waals surface area contributed by atoms with Crippen LogP contribution in [-0.2, 0) is 0 Å². The average Bonchev–Trinajstić information content (AvgIpc) is 2.17. The van der Waals surface area contributed by atoms with E-state index >= 15 is 0 Å². The fourth-order valence-corrected chi connectivity index (χ4v) is 2.13. The van der Waals surface area contributed by atoms with Gasteiger partial charge in [-0.2, -0.15) is 10.9 Å². The number of allylic oxidation sites excluding steroid dienone is 1. The van der Waals surface area contributed by atoms with Gasteiger partial charge in [-0.25, -0.2) is 0 Å². The van der Waals surface area contributed by atoms with Crippen molar-refractivity contribution in [3.05, 3.63) is 11.1 Å². The first kappa shape index (κ1) is 6.83. The van der Waals surface area contributed by atoms with Gasteiger partial charge in [-0.15, -0.1) is 0 Å². The lowest BCUT2D eigenvalue weighted by Gasteiger charge is -2.02. The molecule has 0 saturated heterocycles. The van der Waals surface area contributed by atoms with E-state index in [1.54, 1.807) is 0 Å². The molecule has 0 aromatic heterocycles. The monoisotopic (exact) mass is 145 g/mol. The summed E-state index contributed by atoms with van der Waals surface area (Å²) < 4.78 is 0. The standard InChI is InChI=1S/C6H11NOS/c1-6-4-9(3-2-8)5-7-6/h4-5,8-9H,2-3H2,1H3. The van der Waals surface area contributed by atoms with Crippen molar-refractivity contribution in [3.8, 4) is 0 Å². The van der Waals surface area contributed by atoms with E-state index in [0.29, 0.717) is 0 Å². The molecule has 52 valence electrons. The summed E-state index contributed by atoms with van der Waals surface area (Å²) in [6, 6.07) is 0. The molecule has 1 atom stereocenters. The minimum atomic E-state index is -0.188. The van der Waals surface area contributed by atoms with Gasteiger partial charge in [0.2, 0.25) is 0 Å². The maximum atomic E-state index is 8.54. The molecule has 0 amide bonds. The SMILES string of the molecule is CC1=C[SH](CCO)C=N1. The zero-order chi connectivity index (χ0) is 6.69. The quantitative estimate of drug-likeness (QED) is 0.556. The van der Waals surface area contributed by atoms with Crippen LogP contribution in [0.2, 0.25) is 0 Å². The minimum absolute atomic E-state index is 0.188. The van der Waals surface area contributed by atoms with E-state index in [4.69, 9.17) is 5.11 Å². The van der Waals surface area contributed by atoms with Gasteiger partial charge in [-0.3, -0.25) is 4.99 Å². The third kappa shape index (κ3) is 1.84. The number of hydrogen-bond donors (Lipinski definition) is 2. The van der Waals surface area contributed by atoms with Crippen LogP contribution in [0.4, 0.5) is 0 Å². The molecule has 0 radical (unpaired) electrons. The Labute approximate surface area is 57.6 Å². The van der Waals surface area contributed by atoms with Crippen molar-refractivity contribution in [2.75, 3.05) is 12.4 Å². The highest BCUT2D eigenvalue weighted by atomic mass is 32.2. The second kappa shape index (κ2) is 3.03. The van der Waals surface area contributed by atoms with E-state index in [1.807, 2.05) is 12.5 Å². The predicted octanol–water partition coefficient (Wildman–Crippen LogP) is 0.883. The number of nitrogens with zero attached hydrogens (tertiary/aromatic N) is 1. The number of rotatable bonds is 2. The Balaban J connectivity index is 2.40. The van der Waals surface area contributed by atoms with Crippen LogP contribution in [0, 0.1) is 0 Å². The summed E-state index contributed by atoms with van der Waals surface area (Å²) in [6.07, 6.45) is 0. The zero-order valence-electron chi connectivity index (χ0n) is 5.41. The maximum absolute atomic E-state index is 8.54. The Morgan fingerprint density at radius 3 is 3.00 bits per heavy atom. The van der Waals surface area contributed by atoms with E-state index in [1.165, 1.54) is 0 Å². The van der Waals surface area contributed by atoms with Crippen molar-refractivity contribution in [2.45, 2.75) is 6.92 Å². The lowest BCUT2D eigenvalue weighted by atomic mass is 10.6. The number of hydrogen-bond acceptors (Lipinski definition) is 2. The average molecular weight is 145 g/mol. The topological polar surface area (TPSA) is 32.6 Å². The van der Waals surface area contributed by atoms with Gasteiger partial charge in [-0.05, 0) is 12.3 Å². The van der Waals surface area contributed by atoms with Gasteiger partial charge in [-0.1, -0.05) is 0 Å². The normalized spacial score (nSPS) is 28.7. The van der Waals surface area contributed by atoms with Gasteiger partial charge < -0.3 is 5.11 Å². The van der Waals surface area contributed by atoms with E-state index in [9.17, 15) is 0 Å². The number of aliphatic hydroxyl groups is 1. The van der Waals surface area contributed by atoms with Crippen LogP contribution in [0.15, 0.2) is 16.1 Å². The summed E-state index contributed by atoms with van der Waals surface area (Å²) in [5.74, 6) is 0.871. The molecule has 0 aliphatic carbocycles. The molecular weight excluding hydrogens is 134 g/mol. The lowest BCUT2D eigenvalue weighted by Crippen LogP contribution is -1.90. The van der Waals surface area contributed by atoms with Crippen LogP contribution < -0.4 is 0 Å². The molecule has 0 bridgehead atoms. The first-order valence-electron chi connectivity index (χ1n) is 2.92. The van der Waals surface area contributed by atoms with Gasteiger partial charge in [0.05, 0.1) is 6.61 Å². The van der Waals surface area contributed by atoms with E-state index in [-0.39, 0.29) is 17.5 Å². The summed E-state index contributed by atoms with van der Waals surface area (Å²) in [4.78, 5) is 4.09. The van der Waals surface area contributed by atoms with Gasteiger partial charge in [0.25, 0.3) is 0 Å². The number of aliphatic imine (C=N–C) groups is 1. The molecule has 1 aliphatic heterocycles. The molecule has 0 aromatic carbocycles. The maximum Gasteiger partial charge on any atom is 0.0511 e. The van der Waals surface area contributed by atoms with Crippen LogP contribution in [0.1, 0.15) is 6.92 Å². The van der Waals surface area contributed by atoms with Gasteiger partial charge in [0, 0.05) is 17.0 Å². The second-order valence-electron chi connectivity index (χ2n) is 1.98. The van der Waals surface area contributed by atoms with E-state index < -0.39 is 0 Å². The lowest BCUT2D eigenvalue weighted by molar-refractivity contribution is 0.322. The van der Waals surface area contributed by atoms with Crippen LogP contribution in [-0.4, -0.2) is 23.0 Å². The molecule has 0 spiro atoms. The Kier molecular flexibility index (Phi) is 2.30. The fourth-order valence-electron chi connectivity index (χ4n) is 0.710. The van der Waals surface area contributed by atoms with Crippen LogP contribution in [0.25, 0.3) is 0 Å². The van der Waals surface area contributed by atoms with Crippen LogP contribution >= 0.6 is 10.9 Å². The van der Waals surface area contributed by atoms with Crippen molar-refractivity contribution >= 4 is 16.4 Å². The molecule has 9 heavy (non-hydrogen) atoms. The zero-order valence-corrected chi connectivity index (χ0v) is 6.30. The summed E-state index contributed by atoms with van der Waals surface area (Å²) in [5, 5.41) is 10.7. The molecule has 2 nitrogen and oxygen atoms in total. The van der Waals surface area contributed by atoms with Gasteiger partial charge >= 0.3 is 0 Å². The van der Waals surface area contributed by atoms with Crippen molar-refractivity contribution < 1.29 is 5.11 Å². The van der Waals surface area contributed by atoms with Crippen LogP contribution in [0.5, 0.6) is 0 Å². The van der Waals surface area contributed by atoms with Crippen molar-refractivity contribution in [1.82, 2.24) is 0 Å². The molecule has 1 aliphatic rings. The Hall–Kier alpha value is -0.280. The van der Waals surface area contributed by atoms with Crippen molar-refractivity contribution in [2.24, 2.45) is 4.99 Å². The minimum Gasteiger partial charge on any atom is -0.396 e. The van der Waals surface area contributed by atoms with Gasteiger partial charge in [0.15, 0.2) is 0 Å². The largest absolute Gasteiger partial charge is 0.396 e. The van der Waals surface area contributed by atoms with Crippen LogP contribution in [0.3, 0.4) is 0 Å². The van der Waals surface area contributed by atoms with Crippen molar-refractivity contribution in [3.63, 3.8) is 0 Å². The molecule has 3 heteroatoms. The summed E-state index contributed by atoms with van der Waals surface area (Å²) in [7, 11) is -0.188. The molecule has 0 saturated carbocycles. The smallest absolute Gasteiger partial charge is 0.0511 e. The molecule has 1 unspecified atom stereocenters. The number of thiol groups is 1. The van der Waals surface area contributed by atoms with Gasteiger partial charge in [0.1, 0.15) is 0 Å². The highest BCUT2D eigenvalue weighted by molar-refractivity contribution is 8.31. The second-order valence-corrected chi connectivity index (χ2v) is 3.94. The molecule has 1 heterocycles. The Morgan fingerprint density at radius 2 is 2.56 bits per heavy atom. The Morgan fingerprint density at radius 1 is 1.78 bits per heavy atom. The van der Waals surface area contributed by atoms with E-state index in [2.05, 4.69) is 10.4 Å². The Bertz CT molecular complexity index is 153. The first-order valence-corrected chi connectivity index (χ1v) is 4.58. The summed E-state index contributed by atoms with van der Waals surface area (Å²) in [6.45, 7) is 2.26. The third-order valence-corrected chi connectivity index (χ3v) is 2.95. The van der Waals surface area contributed by atoms with Crippen molar-refractivity contribution in [1.29, 1.82) is 0 Å². The number of aliphatic hydroxyl groups excluding tert-OH is 1. The molecule has 1 N–H and O–H groups in total. The summed E-state index contributed by atoms with van der Waals surface area (Å²) >= 11 is 0. The van der Waals surface area contributed by atoms with E-state index in [0.717, 1.165) is 11.4 Å². The molecule has 0 fully saturated rings. The molecule has 1 rings (SSSR count). The highest BCUT2D eigenvalue weighted by Gasteiger charge is 2.01. The first-order chi connectivity index (χ1) is 4.33.